The summed E-state index contributed by atoms with van der Waals surface area (Å²) in [6.45, 7) is 8.99. The van der Waals surface area contributed by atoms with E-state index < -0.39 is 0 Å². The van der Waals surface area contributed by atoms with Crippen LogP contribution < -0.4 is 5.32 Å². The average molecular weight is 274 g/mol. The topological polar surface area (TPSA) is 49.4 Å². The molecular weight excluding hydrogens is 252 g/mol. The van der Waals surface area contributed by atoms with Gasteiger partial charge < -0.3 is 10.2 Å². The Balaban J connectivity index is 2.24. The second-order valence-corrected chi connectivity index (χ2v) is 6.04. The molecule has 0 spiro atoms. The van der Waals surface area contributed by atoms with Crippen molar-refractivity contribution in [1.82, 2.24) is 4.90 Å². The van der Waals surface area contributed by atoms with Crippen LogP contribution in [0.3, 0.4) is 0 Å². The summed E-state index contributed by atoms with van der Waals surface area (Å²) >= 11 is 0. The van der Waals surface area contributed by atoms with Crippen molar-refractivity contribution >= 4 is 17.5 Å². The molecule has 0 bridgehead atoms. The quantitative estimate of drug-likeness (QED) is 0.917. The molecule has 0 saturated heterocycles. The number of amides is 2. The lowest BCUT2D eigenvalue weighted by Crippen LogP contribution is -2.39. The monoisotopic (exact) mass is 274 g/mol. The van der Waals surface area contributed by atoms with Crippen LogP contribution in [0.1, 0.15) is 43.6 Å². The number of benzene rings is 1. The standard InChI is InChI=1S/C16H22N2O2/c1-10(2)9-18(11(3)4)16(20)13-6-5-12-8-15(19)17-14(12)7-13/h5-7,10-11H,8-9H2,1-4H3,(H,17,19). The van der Waals surface area contributed by atoms with E-state index >= 15 is 0 Å². The fraction of sp³-hybridized carbons (Fsp3) is 0.500. The SMILES string of the molecule is CC(C)CN(C(=O)c1ccc2c(c1)NC(=O)C2)C(C)C. The van der Waals surface area contributed by atoms with Crippen molar-refractivity contribution in [3.05, 3.63) is 29.3 Å². The molecule has 0 unspecified atom stereocenters. The lowest BCUT2D eigenvalue weighted by atomic mass is 10.1. The van der Waals surface area contributed by atoms with Crippen molar-refractivity contribution in [2.24, 2.45) is 5.92 Å². The second kappa shape index (κ2) is 5.65. The van der Waals surface area contributed by atoms with E-state index in [9.17, 15) is 9.59 Å². The number of anilines is 1. The Morgan fingerprint density at radius 3 is 2.60 bits per heavy atom. The fourth-order valence-corrected chi connectivity index (χ4v) is 2.43. The third-order valence-corrected chi connectivity index (χ3v) is 3.43. The zero-order chi connectivity index (χ0) is 14.9. The number of carbonyl (C=O) groups is 2. The number of hydrogen-bond acceptors (Lipinski definition) is 2. The van der Waals surface area contributed by atoms with Gasteiger partial charge in [-0.15, -0.1) is 0 Å². The van der Waals surface area contributed by atoms with Crippen LogP contribution in [0.5, 0.6) is 0 Å². The van der Waals surface area contributed by atoms with Gasteiger partial charge in [-0.25, -0.2) is 0 Å². The highest BCUT2D eigenvalue weighted by atomic mass is 16.2. The first-order chi connectivity index (χ1) is 9.38. The summed E-state index contributed by atoms with van der Waals surface area (Å²) in [6, 6.07) is 5.64. The molecule has 108 valence electrons. The molecule has 1 aromatic rings. The molecule has 2 rings (SSSR count). The number of rotatable bonds is 4. The summed E-state index contributed by atoms with van der Waals surface area (Å²) in [4.78, 5) is 25.9. The second-order valence-electron chi connectivity index (χ2n) is 6.04. The smallest absolute Gasteiger partial charge is 0.254 e. The Labute approximate surface area is 120 Å². The van der Waals surface area contributed by atoms with Gasteiger partial charge in [-0.3, -0.25) is 9.59 Å². The van der Waals surface area contributed by atoms with Crippen molar-refractivity contribution < 1.29 is 9.59 Å². The van der Waals surface area contributed by atoms with Crippen LogP contribution in [0.2, 0.25) is 0 Å². The molecule has 0 radical (unpaired) electrons. The number of carbonyl (C=O) groups excluding carboxylic acids is 2. The van der Waals surface area contributed by atoms with Gasteiger partial charge in [0.2, 0.25) is 5.91 Å². The number of nitrogens with one attached hydrogen (secondary N) is 1. The average Bonchev–Trinajstić information content (AvgIpc) is 2.73. The third-order valence-electron chi connectivity index (χ3n) is 3.43. The molecule has 4 heteroatoms. The highest BCUT2D eigenvalue weighted by Gasteiger charge is 2.23. The molecule has 20 heavy (non-hydrogen) atoms. The largest absolute Gasteiger partial charge is 0.336 e. The van der Waals surface area contributed by atoms with Crippen LogP contribution in [0.25, 0.3) is 0 Å². The van der Waals surface area contributed by atoms with Gasteiger partial charge in [-0.05, 0) is 37.5 Å². The van der Waals surface area contributed by atoms with Gasteiger partial charge in [0.1, 0.15) is 0 Å². The van der Waals surface area contributed by atoms with Crippen LogP contribution in [0.15, 0.2) is 18.2 Å². The van der Waals surface area contributed by atoms with Crippen LogP contribution in [0.4, 0.5) is 5.69 Å². The van der Waals surface area contributed by atoms with E-state index in [1.165, 1.54) is 0 Å². The van der Waals surface area contributed by atoms with Gasteiger partial charge in [0.05, 0.1) is 6.42 Å². The summed E-state index contributed by atoms with van der Waals surface area (Å²) in [5.74, 6) is 0.445. The molecule has 4 nitrogen and oxygen atoms in total. The Kier molecular flexibility index (Phi) is 4.12. The van der Waals surface area contributed by atoms with E-state index in [0.717, 1.165) is 17.8 Å². The number of fused-ring (bicyclic) bond motifs is 1. The number of nitrogens with zero attached hydrogens (tertiary/aromatic N) is 1. The molecule has 1 N–H and O–H groups in total. The highest BCUT2D eigenvalue weighted by molar-refractivity contribution is 6.02. The lowest BCUT2D eigenvalue weighted by molar-refractivity contribution is -0.115. The minimum Gasteiger partial charge on any atom is -0.336 e. The zero-order valence-electron chi connectivity index (χ0n) is 12.6. The van der Waals surface area contributed by atoms with Crippen molar-refractivity contribution in [2.45, 2.75) is 40.2 Å². The van der Waals surface area contributed by atoms with E-state index in [0.29, 0.717) is 17.9 Å². The third kappa shape index (κ3) is 3.00. The van der Waals surface area contributed by atoms with E-state index in [-0.39, 0.29) is 17.9 Å². The van der Waals surface area contributed by atoms with Gasteiger partial charge >= 0.3 is 0 Å². The molecule has 0 aromatic heterocycles. The minimum absolute atomic E-state index is 0.00695. The van der Waals surface area contributed by atoms with Gasteiger partial charge in [0.15, 0.2) is 0 Å². The number of hydrogen-bond donors (Lipinski definition) is 1. The van der Waals surface area contributed by atoms with Crippen LogP contribution in [0, 0.1) is 5.92 Å². The predicted octanol–water partition coefficient (Wildman–Crippen LogP) is 2.69. The van der Waals surface area contributed by atoms with Crippen molar-refractivity contribution in [2.75, 3.05) is 11.9 Å². The van der Waals surface area contributed by atoms with Crippen LogP contribution in [-0.2, 0) is 11.2 Å². The van der Waals surface area contributed by atoms with Crippen molar-refractivity contribution in [3.63, 3.8) is 0 Å². The predicted molar refractivity (Wildman–Crippen MR) is 79.8 cm³/mol. The van der Waals surface area contributed by atoms with Crippen molar-refractivity contribution in [1.29, 1.82) is 0 Å². The molecule has 0 fully saturated rings. The lowest BCUT2D eigenvalue weighted by Gasteiger charge is -2.28. The van der Waals surface area contributed by atoms with E-state index in [4.69, 9.17) is 0 Å². The van der Waals surface area contributed by atoms with Gasteiger partial charge in [0, 0.05) is 23.8 Å². The van der Waals surface area contributed by atoms with E-state index in [2.05, 4.69) is 19.2 Å². The highest BCUT2D eigenvalue weighted by Crippen LogP contribution is 2.25. The summed E-state index contributed by atoms with van der Waals surface area (Å²) in [7, 11) is 0. The van der Waals surface area contributed by atoms with Crippen LogP contribution >= 0.6 is 0 Å². The zero-order valence-corrected chi connectivity index (χ0v) is 12.6. The Morgan fingerprint density at radius 1 is 1.30 bits per heavy atom. The Bertz CT molecular complexity index is 535. The maximum atomic E-state index is 12.6. The van der Waals surface area contributed by atoms with Gasteiger partial charge in [0.25, 0.3) is 5.91 Å². The first-order valence-electron chi connectivity index (χ1n) is 7.12. The molecule has 2 amide bonds. The van der Waals surface area contributed by atoms with Gasteiger partial charge in [-0.1, -0.05) is 19.9 Å². The molecule has 1 heterocycles. The van der Waals surface area contributed by atoms with Crippen LogP contribution in [-0.4, -0.2) is 29.3 Å². The van der Waals surface area contributed by atoms with E-state index in [1.54, 1.807) is 6.07 Å². The summed E-state index contributed by atoms with van der Waals surface area (Å²) in [5, 5.41) is 2.79. The summed E-state index contributed by atoms with van der Waals surface area (Å²) < 4.78 is 0. The normalized spacial score (nSPS) is 13.6. The molecule has 0 aliphatic carbocycles. The first-order valence-corrected chi connectivity index (χ1v) is 7.12. The Hall–Kier alpha value is -1.84. The fourth-order valence-electron chi connectivity index (χ4n) is 2.43. The van der Waals surface area contributed by atoms with E-state index in [1.807, 2.05) is 30.9 Å². The molecular formula is C16H22N2O2. The minimum atomic E-state index is -0.00695. The maximum absolute atomic E-state index is 12.6. The first kappa shape index (κ1) is 14.6. The molecule has 1 aliphatic rings. The van der Waals surface area contributed by atoms with Gasteiger partial charge in [-0.2, -0.15) is 0 Å². The molecule has 0 saturated carbocycles. The Morgan fingerprint density at radius 2 is 2.00 bits per heavy atom. The molecule has 1 aliphatic heterocycles. The summed E-state index contributed by atoms with van der Waals surface area (Å²) in [5.41, 5.74) is 2.38. The summed E-state index contributed by atoms with van der Waals surface area (Å²) in [6.07, 6.45) is 0.406. The molecule has 0 atom stereocenters. The van der Waals surface area contributed by atoms with Crippen molar-refractivity contribution in [3.8, 4) is 0 Å². The molecule has 1 aromatic carbocycles. The maximum Gasteiger partial charge on any atom is 0.254 e.